The van der Waals surface area contributed by atoms with Gasteiger partial charge in [0.15, 0.2) is 6.29 Å². The fourth-order valence-electron chi connectivity index (χ4n) is 5.47. The number of aliphatic hydroxyl groups is 1. The molecule has 1 amide bonds. The normalized spacial score (nSPS) is 14.7. The molecule has 212 valence electrons. The van der Waals surface area contributed by atoms with Crippen LogP contribution in [0.3, 0.4) is 0 Å². The van der Waals surface area contributed by atoms with E-state index in [9.17, 15) is 9.90 Å². The van der Waals surface area contributed by atoms with Gasteiger partial charge in [0.1, 0.15) is 0 Å². The van der Waals surface area contributed by atoms with Crippen LogP contribution in [0.1, 0.15) is 79.1 Å². The molecular weight excluding hydrogens is 508 g/mol. The monoisotopic (exact) mass is 548 g/mol. The van der Waals surface area contributed by atoms with Gasteiger partial charge in [-0.15, -0.1) is 0 Å². The van der Waals surface area contributed by atoms with Crippen molar-refractivity contribution in [1.29, 1.82) is 0 Å². The lowest BCUT2D eigenvalue weighted by Gasteiger charge is -2.32. The predicted molar refractivity (Wildman–Crippen MR) is 166 cm³/mol. The summed E-state index contributed by atoms with van der Waals surface area (Å²) in [7, 11) is 0. The van der Waals surface area contributed by atoms with Gasteiger partial charge in [0.2, 0.25) is 0 Å². The number of carbonyl (C=O) groups is 1. The van der Waals surface area contributed by atoms with Crippen LogP contribution >= 0.6 is 0 Å². The van der Waals surface area contributed by atoms with Crippen LogP contribution in [0.2, 0.25) is 0 Å². The highest BCUT2D eigenvalue weighted by Crippen LogP contribution is 2.33. The summed E-state index contributed by atoms with van der Waals surface area (Å²) in [6, 6.07) is 32.5. The van der Waals surface area contributed by atoms with Gasteiger partial charge >= 0.3 is 0 Å². The van der Waals surface area contributed by atoms with Crippen molar-refractivity contribution in [2.75, 3.05) is 11.4 Å². The number of anilines is 1. The molecule has 0 aromatic heterocycles. The Morgan fingerprint density at radius 3 is 2.39 bits per heavy atom. The van der Waals surface area contributed by atoms with Gasteiger partial charge in [0, 0.05) is 29.9 Å². The summed E-state index contributed by atoms with van der Waals surface area (Å²) in [4.78, 5) is 15.4. The number of nitrogens with one attached hydrogen (secondary N) is 1. The molecule has 2 N–H and O–H groups in total. The van der Waals surface area contributed by atoms with E-state index in [4.69, 9.17) is 4.74 Å². The number of hydrogen-bond donors (Lipinski definition) is 2. The molecule has 4 aromatic rings. The van der Waals surface area contributed by atoms with Crippen LogP contribution < -0.4 is 10.2 Å². The van der Waals surface area contributed by atoms with Crippen molar-refractivity contribution in [2.24, 2.45) is 0 Å². The summed E-state index contributed by atoms with van der Waals surface area (Å²) in [5.41, 5.74) is 7.74. The Bertz CT molecular complexity index is 1480. The van der Waals surface area contributed by atoms with Crippen molar-refractivity contribution in [1.82, 2.24) is 5.32 Å². The highest BCUT2D eigenvalue weighted by molar-refractivity contribution is 5.95. The van der Waals surface area contributed by atoms with Gasteiger partial charge in [-0.3, -0.25) is 4.79 Å². The van der Waals surface area contributed by atoms with Gasteiger partial charge in [-0.25, -0.2) is 0 Å². The van der Waals surface area contributed by atoms with Gasteiger partial charge in [-0.1, -0.05) is 78.9 Å². The number of aliphatic hydroxyl groups excluding tert-OH is 1. The van der Waals surface area contributed by atoms with Gasteiger partial charge < -0.3 is 20.1 Å². The minimum Gasteiger partial charge on any atom is -0.367 e. The zero-order valence-corrected chi connectivity index (χ0v) is 24.4. The van der Waals surface area contributed by atoms with Crippen LogP contribution in [0.15, 0.2) is 97.1 Å². The average molecular weight is 549 g/mol. The maximum atomic E-state index is 13.0. The van der Waals surface area contributed by atoms with Crippen molar-refractivity contribution in [3.05, 3.63) is 125 Å². The summed E-state index contributed by atoms with van der Waals surface area (Å²) in [5, 5.41) is 13.9. The minimum atomic E-state index is -0.996. The molecule has 0 aliphatic carbocycles. The fraction of sp³-hybridized carbons (Fsp3) is 0.306. The van der Waals surface area contributed by atoms with E-state index in [0.717, 1.165) is 48.2 Å². The number of fused-ring (bicyclic) bond motifs is 1. The first-order chi connectivity index (χ1) is 19.7. The lowest BCUT2D eigenvalue weighted by Crippen LogP contribution is -2.30. The molecule has 41 heavy (non-hydrogen) atoms. The van der Waals surface area contributed by atoms with Gasteiger partial charge in [0.05, 0.1) is 11.6 Å². The van der Waals surface area contributed by atoms with Crippen LogP contribution in [0.25, 0.3) is 11.1 Å². The second kappa shape index (κ2) is 12.3. The molecule has 0 saturated heterocycles. The second-order valence-electron chi connectivity index (χ2n) is 11.8. The lowest BCUT2D eigenvalue weighted by molar-refractivity contribution is -0.169. The number of rotatable bonds is 8. The van der Waals surface area contributed by atoms with E-state index in [1.165, 1.54) is 16.8 Å². The zero-order valence-electron chi connectivity index (χ0n) is 24.4. The van der Waals surface area contributed by atoms with Crippen LogP contribution in [0, 0.1) is 0 Å². The number of carbonyl (C=O) groups excluding carboxylic acids is 1. The molecule has 0 fully saturated rings. The molecule has 0 saturated carbocycles. The Kier molecular flexibility index (Phi) is 8.57. The molecule has 0 radical (unpaired) electrons. The molecule has 4 aromatic carbocycles. The van der Waals surface area contributed by atoms with E-state index in [1.807, 2.05) is 88.4 Å². The first-order valence-corrected chi connectivity index (χ1v) is 14.5. The summed E-state index contributed by atoms with van der Waals surface area (Å²) < 4.78 is 5.83. The standard InChI is InChI=1S/C36H40N2O3/c1-25(27-11-6-5-7-12-27)37-34(39)30-20-21-33-29(23-30)13-10-22-38(33)24-26-16-18-28(19-17-26)31-14-8-9-15-32(31)35(40)41-36(2,3)4/h5-9,11-12,14-21,23,25,35,40H,10,13,22,24H2,1-4H3,(H,37,39)/t25-,35?/m0/s1. The quantitative estimate of drug-likeness (QED) is 0.223. The van der Waals surface area contributed by atoms with Crippen molar-refractivity contribution in [2.45, 2.75) is 65.0 Å². The number of hydrogen-bond acceptors (Lipinski definition) is 4. The first-order valence-electron chi connectivity index (χ1n) is 14.5. The van der Waals surface area contributed by atoms with Crippen LogP contribution in [0.5, 0.6) is 0 Å². The molecule has 5 nitrogen and oxygen atoms in total. The minimum absolute atomic E-state index is 0.0461. The molecule has 5 rings (SSSR count). The summed E-state index contributed by atoms with van der Waals surface area (Å²) in [5.74, 6) is -0.0461. The SMILES string of the molecule is C[C@H](NC(=O)c1ccc2c(c1)CCCN2Cc1ccc(-c2ccccc2C(O)OC(C)(C)C)cc1)c1ccccc1. The van der Waals surface area contributed by atoms with Gasteiger partial charge in [-0.05, 0) is 86.6 Å². The molecule has 0 bridgehead atoms. The Balaban J connectivity index is 1.28. The highest BCUT2D eigenvalue weighted by Gasteiger charge is 2.22. The third kappa shape index (κ3) is 7.05. The molecule has 2 atom stereocenters. The van der Waals surface area contributed by atoms with Gasteiger partial charge in [0.25, 0.3) is 5.91 Å². The van der Waals surface area contributed by atoms with Crippen molar-refractivity contribution in [3.63, 3.8) is 0 Å². The summed E-state index contributed by atoms with van der Waals surface area (Å²) in [6.07, 6.45) is 1.02. The Morgan fingerprint density at radius 2 is 1.66 bits per heavy atom. The maximum absolute atomic E-state index is 13.0. The molecular formula is C36H40N2O3. The predicted octanol–water partition coefficient (Wildman–Crippen LogP) is 7.60. The van der Waals surface area contributed by atoms with Crippen LogP contribution in [-0.4, -0.2) is 23.2 Å². The topological polar surface area (TPSA) is 61.8 Å². The van der Waals surface area contributed by atoms with E-state index >= 15 is 0 Å². The number of nitrogens with zero attached hydrogens (tertiary/aromatic N) is 1. The fourth-order valence-corrected chi connectivity index (χ4v) is 5.47. The Hall–Kier alpha value is -3.93. The second-order valence-corrected chi connectivity index (χ2v) is 11.8. The molecule has 1 aliphatic rings. The van der Waals surface area contributed by atoms with Gasteiger partial charge in [-0.2, -0.15) is 0 Å². The van der Waals surface area contributed by atoms with Crippen LogP contribution in [-0.2, 0) is 17.7 Å². The van der Waals surface area contributed by atoms with Crippen molar-refractivity contribution >= 4 is 11.6 Å². The zero-order chi connectivity index (χ0) is 29.0. The van der Waals surface area contributed by atoms with Crippen molar-refractivity contribution < 1.29 is 14.6 Å². The number of ether oxygens (including phenoxy) is 1. The third-order valence-corrected chi connectivity index (χ3v) is 7.53. The largest absolute Gasteiger partial charge is 0.367 e. The summed E-state index contributed by atoms with van der Waals surface area (Å²) >= 11 is 0. The van der Waals surface area contributed by atoms with E-state index in [0.29, 0.717) is 5.56 Å². The Labute approximate surface area is 243 Å². The average Bonchev–Trinajstić information content (AvgIpc) is 2.97. The number of aryl methyl sites for hydroxylation is 1. The van der Waals surface area contributed by atoms with Crippen LogP contribution in [0.4, 0.5) is 5.69 Å². The third-order valence-electron chi connectivity index (χ3n) is 7.53. The molecule has 1 heterocycles. The Morgan fingerprint density at radius 1 is 0.951 bits per heavy atom. The molecule has 1 unspecified atom stereocenters. The summed E-state index contributed by atoms with van der Waals surface area (Å²) in [6.45, 7) is 9.60. The smallest absolute Gasteiger partial charge is 0.251 e. The van der Waals surface area contributed by atoms with E-state index < -0.39 is 11.9 Å². The van der Waals surface area contributed by atoms with Crippen molar-refractivity contribution in [3.8, 4) is 11.1 Å². The molecule has 5 heteroatoms. The number of amides is 1. The van der Waals surface area contributed by atoms with E-state index in [-0.39, 0.29) is 11.9 Å². The van der Waals surface area contributed by atoms with E-state index in [2.05, 4.69) is 46.6 Å². The molecule has 0 spiro atoms. The molecule has 1 aliphatic heterocycles. The van der Waals surface area contributed by atoms with E-state index in [1.54, 1.807) is 0 Å². The highest BCUT2D eigenvalue weighted by atomic mass is 16.6. The maximum Gasteiger partial charge on any atom is 0.251 e. The number of benzene rings is 4. The lowest BCUT2D eigenvalue weighted by atomic mass is 9.96. The first kappa shape index (κ1) is 28.6.